The van der Waals surface area contributed by atoms with Crippen molar-refractivity contribution in [1.82, 2.24) is 4.57 Å². The van der Waals surface area contributed by atoms with Crippen molar-refractivity contribution < 1.29 is 0 Å². The van der Waals surface area contributed by atoms with Crippen molar-refractivity contribution in [2.45, 2.75) is 5.92 Å². The van der Waals surface area contributed by atoms with Crippen molar-refractivity contribution in [2.75, 3.05) is 0 Å². The van der Waals surface area contributed by atoms with Crippen LogP contribution in [0.2, 0.25) is 0 Å². The molecule has 0 saturated carbocycles. The molecule has 0 fully saturated rings. The number of aromatic nitrogens is 1. The van der Waals surface area contributed by atoms with E-state index in [2.05, 4.69) is 247 Å². The molecule has 1 nitrogen and oxygen atoms in total. The van der Waals surface area contributed by atoms with Gasteiger partial charge in [-0.3, -0.25) is 0 Å². The maximum absolute atomic E-state index is 2.93. The minimum atomic E-state index is -2.93. The molecule has 12 aromatic rings. The molecule has 1 aliphatic carbocycles. The standard InChI is InChI=1S/C61H41NSSi/c1-3-19-45(20-4-1)64(46-21-5-2-6-22-46,47-23-15-17-41(37-47)42-34-36-60-56(38-42)52-28-12-14-32-59(52)63-60)48-24-16-18-44(40-48)62-57-31-13-11-27-51(57)55-39-43(33-35-58(55)62)61-53-29-9-7-25-49(53)50-26-8-10-30-54(50)61/h1-40,61H. The largest absolute Gasteiger partial charge is 0.309 e. The fourth-order valence-electron chi connectivity index (χ4n) is 11.1. The molecule has 0 aliphatic heterocycles. The summed E-state index contributed by atoms with van der Waals surface area (Å²) in [4.78, 5) is 0. The van der Waals surface area contributed by atoms with Gasteiger partial charge < -0.3 is 4.57 Å². The molecule has 300 valence electrons. The molecule has 13 rings (SSSR count). The third-order valence-electron chi connectivity index (χ3n) is 13.8. The van der Waals surface area contributed by atoms with Gasteiger partial charge in [0, 0.05) is 42.6 Å². The number of hydrogen-bond donors (Lipinski definition) is 0. The van der Waals surface area contributed by atoms with Crippen LogP contribution in [0.1, 0.15) is 22.6 Å². The number of rotatable bonds is 7. The average molecular weight is 848 g/mol. The highest BCUT2D eigenvalue weighted by Gasteiger charge is 2.42. The van der Waals surface area contributed by atoms with Gasteiger partial charge in [-0.15, -0.1) is 11.3 Å². The maximum atomic E-state index is 2.51. The smallest absolute Gasteiger partial charge is 0.179 e. The lowest BCUT2D eigenvalue weighted by atomic mass is 9.88. The van der Waals surface area contributed by atoms with Gasteiger partial charge in [-0.05, 0) is 108 Å². The zero-order chi connectivity index (χ0) is 42.2. The molecule has 2 heterocycles. The van der Waals surface area contributed by atoms with Crippen LogP contribution in [0, 0.1) is 0 Å². The van der Waals surface area contributed by atoms with Crippen LogP contribution in [0.25, 0.3) is 69.9 Å². The summed E-state index contributed by atoms with van der Waals surface area (Å²) >= 11 is 1.87. The molecule has 10 aromatic carbocycles. The second kappa shape index (κ2) is 14.8. The SMILES string of the molecule is c1ccc([Si](c2ccccc2)(c2cccc(-c3ccc4sc5ccccc5c4c3)c2)c2cccc(-n3c4ccccc4c4cc(C5c6ccccc6-c6ccccc65)ccc43)c2)cc1. The van der Waals surface area contributed by atoms with Crippen molar-refractivity contribution in [3.05, 3.63) is 259 Å². The lowest BCUT2D eigenvalue weighted by molar-refractivity contribution is 1.02. The molecule has 3 heteroatoms. The summed E-state index contributed by atoms with van der Waals surface area (Å²) in [6.07, 6.45) is 0. The zero-order valence-electron chi connectivity index (χ0n) is 35.0. The zero-order valence-corrected chi connectivity index (χ0v) is 36.8. The third-order valence-corrected chi connectivity index (χ3v) is 19.7. The van der Waals surface area contributed by atoms with Crippen molar-refractivity contribution >= 4 is 82.1 Å². The van der Waals surface area contributed by atoms with E-state index in [9.17, 15) is 0 Å². The van der Waals surface area contributed by atoms with Crippen molar-refractivity contribution in [2.24, 2.45) is 0 Å². The molecule has 0 atom stereocenters. The second-order valence-corrected chi connectivity index (χ2v) is 22.1. The van der Waals surface area contributed by atoms with Crippen LogP contribution in [0.3, 0.4) is 0 Å². The number of fused-ring (bicyclic) bond motifs is 9. The molecule has 0 bridgehead atoms. The third kappa shape index (κ3) is 5.61. The van der Waals surface area contributed by atoms with Gasteiger partial charge >= 0.3 is 0 Å². The number of nitrogens with zero attached hydrogens (tertiary/aromatic N) is 1. The lowest BCUT2D eigenvalue weighted by Crippen LogP contribution is -2.74. The first-order valence-corrected chi connectivity index (χ1v) is 25.0. The van der Waals surface area contributed by atoms with E-state index in [0.29, 0.717) is 0 Å². The molecular formula is C61H41NSSi. The van der Waals surface area contributed by atoms with Crippen LogP contribution in [-0.2, 0) is 0 Å². The number of benzene rings is 10. The Morgan fingerprint density at radius 3 is 1.66 bits per heavy atom. The Morgan fingerprint density at radius 2 is 0.906 bits per heavy atom. The quantitative estimate of drug-likeness (QED) is 0.111. The molecule has 1 aliphatic rings. The summed E-state index contributed by atoms with van der Waals surface area (Å²) in [6.45, 7) is 0. The van der Waals surface area contributed by atoms with Crippen molar-refractivity contribution in [3.63, 3.8) is 0 Å². The van der Waals surface area contributed by atoms with Gasteiger partial charge in [0.15, 0.2) is 8.07 Å². The summed E-state index contributed by atoms with van der Waals surface area (Å²) in [5.41, 5.74) is 12.8. The van der Waals surface area contributed by atoms with Gasteiger partial charge in [0.2, 0.25) is 0 Å². The number of thiophene rings is 1. The summed E-state index contributed by atoms with van der Waals surface area (Å²) in [6, 6.07) is 91.4. The molecule has 2 aromatic heterocycles. The molecule has 0 unspecified atom stereocenters. The van der Waals surface area contributed by atoms with E-state index in [-0.39, 0.29) is 5.92 Å². The fourth-order valence-corrected chi connectivity index (χ4v) is 17.0. The summed E-state index contributed by atoms with van der Waals surface area (Å²) < 4.78 is 5.16. The predicted octanol–water partition coefficient (Wildman–Crippen LogP) is 13.4. The highest BCUT2D eigenvalue weighted by molar-refractivity contribution is 7.25. The molecule has 0 radical (unpaired) electrons. The van der Waals surface area contributed by atoms with Crippen LogP contribution < -0.4 is 20.7 Å². The minimum Gasteiger partial charge on any atom is -0.309 e. The Kier molecular flexibility index (Phi) is 8.55. The van der Waals surface area contributed by atoms with Crippen molar-refractivity contribution in [1.29, 1.82) is 0 Å². The number of hydrogen-bond acceptors (Lipinski definition) is 1. The lowest BCUT2D eigenvalue weighted by Gasteiger charge is -2.35. The Hall–Kier alpha value is -7.56. The van der Waals surface area contributed by atoms with Gasteiger partial charge in [-0.2, -0.15) is 0 Å². The van der Waals surface area contributed by atoms with Gasteiger partial charge in [0.25, 0.3) is 0 Å². The van der Waals surface area contributed by atoms with E-state index < -0.39 is 8.07 Å². The molecule has 0 N–H and O–H groups in total. The van der Waals surface area contributed by atoms with Gasteiger partial charge in [0.05, 0.1) is 11.0 Å². The molecule has 0 amide bonds. The van der Waals surface area contributed by atoms with Crippen LogP contribution in [0.4, 0.5) is 0 Å². The molecule has 64 heavy (non-hydrogen) atoms. The van der Waals surface area contributed by atoms with Crippen LogP contribution in [0.5, 0.6) is 0 Å². The maximum Gasteiger partial charge on any atom is 0.179 e. The van der Waals surface area contributed by atoms with Crippen LogP contribution in [0.15, 0.2) is 243 Å². The second-order valence-electron chi connectivity index (χ2n) is 17.2. The van der Waals surface area contributed by atoms with E-state index in [4.69, 9.17) is 0 Å². The molecule has 0 saturated heterocycles. The topological polar surface area (TPSA) is 4.93 Å². The Labute approximate surface area is 377 Å². The normalized spacial score (nSPS) is 12.6. The summed E-state index contributed by atoms with van der Waals surface area (Å²) in [5.74, 6) is 0.188. The van der Waals surface area contributed by atoms with E-state index in [1.54, 1.807) is 0 Å². The first-order chi connectivity index (χ1) is 31.7. The van der Waals surface area contributed by atoms with Gasteiger partial charge in [-0.25, -0.2) is 0 Å². The minimum absolute atomic E-state index is 0.188. The fraction of sp³-hybridized carbons (Fsp3) is 0.0164. The van der Waals surface area contributed by atoms with Gasteiger partial charge in [0.1, 0.15) is 0 Å². The molecular weight excluding hydrogens is 807 g/mol. The Bertz CT molecular complexity index is 3660. The van der Waals surface area contributed by atoms with Crippen LogP contribution in [-0.4, -0.2) is 12.6 Å². The molecule has 0 spiro atoms. The van der Waals surface area contributed by atoms with Crippen molar-refractivity contribution in [3.8, 4) is 27.9 Å². The first-order valence-electron chi connectivity index (χ1n) is 22.2. The first kappa shape index (κ1) is 37.0. The summed E-state index contributed by atoms with van der Waals surface area (Å²) in [5, 5.41) is 10.6. The number of para-hydroxylation sites is 1. The van der Waals surface area contributed by atoms with E-state index in [1.165, 1.54) is 107 Å². The monoisotopic (exact) mass is 847 g/mol. The van der Waals surface area contributed by atoms with E-state index >= 15 is 0 Å². The highest BCUT2D eigenvalue weighted by Crippen LogP contribution is 2.48. The van der Waals surface area contributed by atoms with Gasteiger partial charge in [-0.1, -0.05) is 194 Å². The van der Waals surface area contributed by atoms with E-state index in [0.717, 1.165) is 0 Å². The predicted molar refractivity (Wildman–Crippen MR) is 276 cm³/mol. The van der Waals surface area contributed by atoms with E-state index in [1.807, 2.05) is 11.3 Å². The Balaban J connectivity index is 1.01. The average Bonchev–Trinajstić information content (AvgIpc) is 4.02. The van der Waals surface area contributed by atoms with Crippen LogP contribution >= 0.6 is 11.3 Å². The highest BCUT2D eigenvalue weighted by atomic mass is 32.1. The Morgan fingerprint density at radius 1 is 0.344 bits per heavy atom. The summed E-state index contributed by atoms with van der Waals surface area (Å²) in [7, 11) is -2.93.